The monoisotopic (exact) mass is 287 g/mol. The minimum atomic E-state index is 0.568. The first-order chi connectivity index (χ1) is 7.79. The van der Waals surface area contributed by atoms with Crippen LogP contribution in [0.3, 0.4) is 0 Å². The molecule has 90 valence electrons. The fourth-order valence-electron chi connectivity index (χ4n) is 1.34. The van der Waals surface area contributed by atoms with Gasteiger partial charge in [0.2, 0.25) is 0 Å². The van der Waals surface area contributed by atoms with Crippen molar-refractivity contribution in [2.24, 2.45) is 0 Å². The maximum Gasteiger partial charge on any atom is 0.138 e. The van der Waals surface area contributed by atoms with E-state index in [2.05, 4.69) is 34.2 Å². The van der Waals surface area contributed by atoms with Gasteiger partial charge < -0.3 is 14.8 Å². The number of halogens is 1. The Kier molecular flexibility index (Phi) is 6.45. The number of hydrogen-bond donors (Lipinski definition) is 1. The molecule has 0 saturated heterocycles. The third-order valence-corrected chi connectivity index (χ3v) is 2.77. The van der Waals surface area contributed by atoms with Crippen molar-refractivity contribution < 1.29 is 9.47 Å². The molecule has 0 spiro atoms. The van der Waals surface area contributed by atoms with Gasteiger partial charge in [0.1, 0.15) is 12.4 Å². The highest BCUT2D eigenvalue weighted by Gasteiger charge is 2.07. The molecule has 0 atom stereocenters. The smallest absolute Gasteiger partial charge is 0.138 e. The van der Waals surface area contributed by atoms with Gasteiger partial charge in [0.15, 0.2) is 0 Å². The lowest BCUT2D eigenvalue weighted by Crippen LogP contribution is -2.14. The molecular formula is C12H18BrNO2. The lowest BCUT2D eigenvalue weighted by Gasteiger charge is -2.13. The van der Waals surface area contributed by atoms with Crippen LogP contribution >= 0.6 is 15.9 Å². The largest absolute Gasteiger partial charge is 0.490 e. The second-order valence-electron chi connectivity index (χ2n) is 3.35. The maximum atomic E-state index is 5.69. The average Bonchev–Trinajstić information content (AvgIpc) is 2.29. The molecule has 0 saturated carbocycles. The predicted molar refractivity (Wildman–Crippen MR) is 68.9 cm³/mol. The highest BCUT2D eigenvalue weighted by molar-refractivity contribution is 9.10. The molecule has 0 bridgehead atoms. The van der Waals surface area contributed by atoms with E-state index in [0.717, 1.165) is 28.9 Å². The second kappa shape index (κ2) is 7.65. The van der Waals surface area contributed by atoms with Crippen LogP contribution in [0, 0.1) is 0 Å². The van der Waals surface area contributed by atoms with Crippen molar-refractivity contribution in [3.8, 4) is 5.75 Å². The van der Waals surface area contributed by atoms with Gasteiger partial charge in [-0.15, -0.1) is 0 Å². The van der Waals surface area contributed by atoms with Gasteiger partial charge >= 0.3 is 0 Å². The van der Waals surface area contributed by atoms with Gasteiger partial charge in [-0.3, -0.25) is 0 Å². The average molecular weight is 288 g/mol. The first-order valence-corrected chi connectivity index (χ1v) is 6.18. The summed E-state index contributed by atoms with van der Waals surface area (Å²) >= 11 is 3.50. The van der Waals surface area contributed by atoms with Gasteiger partial charge in [-0.25, -0.2) is 0 Å². The standard InChI is InChI=1S/C12H18BrNO2/c1-3-14-9-10-5-4-6-11(13)12(10)16-8-7-15-2/h4-6,14H,3,7-9H2,1-2H3. The normalized spacial score (nSPS) is 10.4. The molecule has 3 nitrogen and oxygen atoms in total. The molecule has 0 amide bonds. The van der Waals surface area contributed by atoms with Gasteiger partial charge in [0.05, 0.1) is 11.1 Å². The van der Waals surface area contributed by atoms with E-state index in [9.17, 15) is 0 Å². The van der Waals surface area contributed by atoms with Gasteiger partial charge in [0.25, 0.3) is 0 Å². The summed E-state index contributed by atoms with van der Waals surface area (Å²) in [7, 11) is 1.67. The fraction of sp³-hybridized carbons (Fsp3) is 0.500. The van der Waals surface area contributed by atoms with E-state index < -0.39 is 0 Å². The minimum absolute atomic E-state index is 0.568. The summed E-state index contributed by atoms with van der Waals surface area (Å²) in [5.41, 5.74) is 1.16. The Morgan fingerprint density at radius 1 is 1.31 bits per heavy atom. The molecule has 1 aromatic carbocycles. The topological polar surface area (TPSA) is 30.5 Å². The molecule has 0 fully saturated rings. The molecule has 4 heteroatoms. The fourth-order valence-corrected chi connectivity index (χ4v) is 1.86. The molecule has 16 heavy (non-hydrogen) atoms. The van der Waals surface area contributed by atoms with Crippen LogP contribution < -0.4 is 10.1 Å². The third-order valence-electron chi connectivity index (χ3n) is 2.15. The highest BCUT2D eigenvalue weighted by Crippen LogP contribution is 2.28. The molecular weight excluding hydrogens is 270 g/mol. The van der Waals surface area contributed by atoms with Crippen LogP contribution in [-0.2, 0) is 11.3 Å². The van der Waals surface area contributed by atoms with Crippen molar-refractivity contribution in [3.63, 3.8) is 0 Å². The van der Waals surface area contributed by atoms with E-state index in [4.69, 9.17) is 9.47 Å². The van der Waals surface area contributed by atoms with E-state index in [1.165, 1.54) is 0 Å². The van der Waals surface area contributed by atoms with Crippen LogP contribution in [0.5, 0.6) is 5.75 Å². The van der Waals surface area contributed by atoms with Crippen molar-refractivity contribution in [3.05, 3.63) is 28.2 Å². The van der Waals surface area contributed by atoms with Crippen molar-refractivity contribution in [1.29, 1.82) is 0 Å². The Balaban J connectivity index is 2.69. The van der Waals surface area contributed by atoms with Crippen LogP contribution in [0.15, 0.2) is 22.7 Å². The molecule has 1 aromatic rings. The lowest BCUT2D eigenvalue weighted by atomic mass is 10.2. The van der Waals surface area contributed by atoms with Crippen molar-refractivity contribution >= 4 is 15.9 Å². The maximum absolute atomic E-state index is 5.69. The third kappa shape index (κ3) is 4.12. The summed E-state index contributed by atoms with van der Waals surface area (Å²) in [6.07, 6.45) is 0. The first-order valence-electron chi connectivity index (χ1n) is 5.39. The van der Waals surface area contributed by atoms with E-state index in [0.29, 0.717) is 13.2 Å². The van der Waals surface area contributed by atoms with Gasteiger partial charge in [-0.2, -0.15) is 0 Å². The molecule has 0 aliphatic heterocycles. The first kappa shape index (κ1) is 13.5. The van der Waals surface area contributed by atoms with Crippen LogP contribution in [0.1, 0.15) is 12.5 Å². The van der Waals surface area contributed by atoms with Gasteiger partial charge in [-0.05, 0) is 28.5 Å². The quantitative estimate of drug-likeness (QED) is 0.782. The number of benzene rings is 1. The molecule has 1 rings (SSSR count). The Hall–Kier alpha value is -0.580. The van der Waals surface area contributed by atoms with Gasteiger partial charge in [-0.1, -0.05) is 19.1 Å². The Morgan fingerprint density at radius 2 is 2.12 bits per heavy atom. The minimum Gasteiger partial charge on any atom is -0.490 e. The number of para-hydroxylation sites is 1. The van der Waals surface area contributed by atoms with Gasteiger partial charge in [0, 0.05) is 19.2 Å². The Bertz CT molecular complexity index is 318. The highest BCUT2D eigenvalue weighted by atomic mass is 79.9. The van der Waals surface area contributed by atoms with E-state index in [1.807, 2.05) is 12.1 Å². The van der Waals surface area contributed by atoms with E-state index in [-0.39, 0.29) is 0 Å². The van der Waals surface area contributed by atoms with E-state index >= 15 is 0 Å². The van der Waals surface area contributed by atoms with Crippen LogP contribution in [-0.4, -0.2) is 26.9 Å². The summed E-state index contributed by atoms with van der Waals surface area (Å²) in [5.74, 6) is 0.903. The van der Waals surface area contributed by atoms with Crippen LogP contribution in [0.25, 0.3) is 0 Å². The molecule has 0 heterocycles. The number of nitrogens with one attached hydrogen (secondary N) is 1. The summed E-state index contributed by atoms with van der Waals surface area (Å²) < 4.78 is 11.6. The van der Waals surface area contributed by atoms with E-state index in [1.54, 1.807) is 7.11 Å². The second-order valence-corrected chi connectivity index (χ2v) is 4.20. The predicted octanol–water partition coefficient (Wildman–Crippen LogP) is 2.58. The summed E-state index contributed by atoms with van der Waals surface area (Å²) in [5, 5.41) is 3.29. The molecule has 0 aliphatic rings. The van der Waals surface area contributed by atoms with Crippen molar-refractivity contribution in [2.75, 3.05) is 26.9 Å². The zero-order valence-electron chi connectivity index (χ0n) is 9.75. The van der Waals surface area contributed by atoms with Crippen molar-refractivity contribution in [1.82, 2.24) is 5.32 Å². The number of hydrogen-bond acceptors (Lipinski definition) is 3. The molecule has 0 aliphatic carbocycles. The number of ether oxygens (including phenoxy) is 2. The zero-order valence-corrected chi connectivity index (χ0v) is 11.3. The lowest BCUT2D eigenvalue weighted by molar-refractivity contribution is 0.145. The van der Waals surface area contributed by atoms with Crippen LogP contribution in [0.2, 0.25) is 0 Å². The van der Waals surface area contributed by atoms with Crippen molar-refractivity contribution in [2.45, 2.75) is 13.5 Å². The van der Waals surface area contributed by atoms with Crippen LogP contribution in [0.4, 0.5) is 0 Å². The Labute approximate surface area is 105 Å². The molecule has 1 N–H and O–H groups in total. The molecule has 0 aromatic heterocycles. The number of rotatable bonds is 7. The summed E-state index contributed by atoms with van der Waals surface area (Å²) in [6, 6.07) is 6.06. The SMILES string of the molecule is CCNCc1cccc(Br)c1OCCOC. The summed E-state index contributed by atoms with van der Waals surface area (Å²) in [6.45, 7) is 5.02. The number of methoxy groups -OCH3 is 1. The Morgan fingerprint density at radius 3 is 2.81 bits per heavy atom. The summed E-state index contributed by atoms with van der Waals surface area (Å²) in [4.78, 5) is 0. The zero-order chi connectivity index (χ0) is 11.8. The molecule has 0 radical (unpaired) electrons. The molecule has 0 unspecified atom stereocenters.